The maximum absolute atomic E-state index is 11.9. The van der Waals surface area contributed by atoms with Crippen molar-refractivity contribution in [2.75, 3.05) is 11.1 Å². The zero-order valence-corrected chi connectivity index (χ0v) is 14.9. The van der Waals surface area contributed by atoms with E-state index in [1.807, 2.05) is 11.4 Å². The van der Waals surface area contributed by atoms with E-state index in [0.717, 1.165) is 30.0 Å². The van der Waals surface area contributed by atoms with Crippen molar-refractivity contribution in [1.29, 1.82) is 5.26 Å². The lowest BCUT2D eigenvalue weighted by molar-refractivity contribution is -0.115. The number of thioether (sulfide) groups is 1. The highest BCUT2D eigenvalue weighted by Gasteiger charge is 2.15. The smallest absolute Gasteiger partial charge is 0.226 e. The lowest BCUT2D eigenvalue weighted by Crippen LogP contribution is -2.12. The maximum atomic E-state index is 11.9. The van der Waals surface area contributed by atoms with E-state index in [1.54, 1.807) is 6.20 Å². The van der Waals surface area contributed by atoms with Crippen LogP contribution in [0.5, 0.6) is 0 Å². The number of hydrogen-bond donors (Lipinski definition) is 1. The van der Waals surface area contributed by atoms with Crippen molar-refractivity contribution in [2.45, 2.75) is 43.6 Å². The van der Waals surface area contributed by atoms with Gasteiger partial charge in [-0.05, 0) is 37.3 Å². The van der Waals surface area contributed by atoms with Gasteiger partial charge in [0.2, 0.25) is 5.91 Å². The molecular formula is C17H18N4OS2. The Labute approximate surface area is 149 Å². The number of nitrogens with one attached hydrogen (secondary N) is 1. The Morgan fingerprint density at radius 1 is 1.38 bits per heavy atom. The normalized spacial score (nSPS) is 13.6. The van der Waals surface area contributed by atoms with Crippen molar-refractivity contribution in [3.8, 4) is 6.07 Å². The van der Waals surface area contributed by atoms with E-state index in [9.17, 15) is 10.1 Å². The molecule has 24 heavy (non-hydrogen) atoms. The molecular weight excluding hydrogens is 340 g/mol. The van der Waals surface area contributed by atoms with E-state index in [1.165, 1.54) is 41.5 Å². The Balaban J connectivity index is 1.61. The van der Waals surface area contributed by atoms with Crippen LogP contribution in [0.2, 0.25) is 0 Å². The first-order valence-electron chi connectivity index (χ1n) is 8.01. The molecule has 0 spiro atoms. The molecule has 5 nitrogen and oxygen atoms in total. The summed E-state index contributed by atoms with van der Waals surface area (Å²) < 4.78 is 0. The molecule has 0 saturated carbocycles. The Bertz CT molecular complexity index is 753. The Hall–Kier alpha value is -1.91. The van der Waals surface area contributed by atoms with E-state index >= 15 is 0 Å². The third-order valence-corrected chi connectivity index (χ3v) is 5.56. The number of aromatic nitrogens is 2. The average Bonchev–Trinajstić information content (AvgIpc) is 2.98. The fourth-order valence-corrected chi connectivity index (χ4v) is 4.15. The maximum Gasteiger partial charge on any atom is 0.226 e. The molecule has 2 aromatic rings. The van der Waals surface area contributed by atoms with Crippen LogP contribution < -0.4 is 5.32 Å². The van der Waals surface area contributed by atoms with Gasteiger partial charge in [0.25, 0.3) is 0 Å². The van der Waals surface area contributed by atoms with Crippen LogP contribution in [-0.2, 0) is 17.6 Å². The molecule has 2 aromatic heterocycles. The molecule has 0 aromatic carbocycles. The number of nitriles is 1. The van der Waals surface area contributed by atoms with Gasteiger partial charge < -0.3 is 5.32 Å². The zero-order chi connectivity index (χ0) is 16.8. The van der Waals surface area contributed by atoms with Crippen LogP contribution in [0.4, 0.5) is 5.13 Å². The quantitative estimate of drug-likeness (QED) is 0.650. The number of fused-ring (bicyclic) bond motifs is 1. The number of pyridine rings is 1. The van der Waals surface area contributed by atoms with E-state index in [-0.39, 0.29) is 5.91 Å². The molecule has 0 aliphatic heterocycles. The monoisotopic (exact) mass is 358 g/mol. The third kappa shape index (κ3) is 4.34. The largest absolute Gasteiger partial charge is 0.302 e. The van der Waals surface area contributed by atoms with Crippen molar-refractivity contribution in [2.24, 2.45) is 0 Å². The summed E-state index contributed by atoms with van der Waals surface area (Å²) in [6.07, 6.45) is 7.58. The van der Waals surface area contributed by atoms with Gasteiger partial charge in [0.15, 0.2) is 5.13 Å². The number of amides is 1. The van der Waals surface area contributed by atoms with Crippen LogP contribution in [0, 0.1) is 11.3 Å². The fourth-order valence-electron chi connectivity index (χ4n) is 2.69. The summed E-state index contributed by atoms with van der Waals surface area (Å²) in [5.74, 6) is 0.531. The molecule has 1 aliphatic rings. The Morgan fingerprint density at radius 2 is 2.25 bits per heavy atom. The number of carbonyl (C=O) groups is 1. The predicted octanol–water partition coefficient (Wildman–Crippen LogP) is 3.80. The molecule has 1 aliphatic carbocycles. The Morgan fingerprint density at radius 3 is 3.04 bits per heavy atom. The van der Waals surface area contributed by atoms with Gasteiger partial charge in [-0.3, -0.25) is 4.79 Å². The average molecular weight is 358 g/mol. The second kappa shape index (κ2) is 8.27. The van der Waals surface area contributed by atoms with Gasteiger partial charge in [-0.15, -0.1) is 23.1 Å². The van der Waals surface area contributed by atoms with E-state index in [0.29, 0.717) is 22.9 Å². The van der Waals surface area contributed by atoms with Crippen molar-refractivity contribution < 1.29 is 4.79 Å². The van der Waals surface area contributed by atoms with Crippen molar-refractivity contribution in [1.82, 2.24) is 9.97 Å². The van der Waals surface area contributed by atoms with Crippen molar-refractivity contribution in [3.05, 3.63) is 34.5 Å². The molecule has 0 fully saturated rings. The van der Waals surface area contributed by atoms with E-state index in [4.69, 9.17) is 4.98 Å². The Kier molecular flexibility index (Phi) is 5.83. The SMILES string of the molecule is N#Cc1cc2c(nc1SCCC(=O)Nc1nccs1)CCCCC2. The minimum Gasteiger partial charge on any atom is -0.302 e. The van der Waals surface area contributed by atoms with Crippen LogP contribution in [0.3, 0.4) is 0 Å². The number of hydrogen-bond acceptors (Lipinski definition) is 6. The molecule has 7 heteroatoms. The number of anilines is 1. The summed E-state index contributed by atoms with van der Waals surface area (Å²) in [4.78, 5) is 20.6. The summed E-state index contributed by atoms with van der Waals surface area (Å²) in [6.45, 7) is 0. The van der Waals surface area contributed by atoms with Crippen LogP contribution in [0.25, 0.3) is 0 Å². The van der Waals surface area contributed by atoms with E-state index < -0.39 is 0 Å². The van der Waals surface area contributed by atoms with Crippen LogP contribution in [0.15, 0.2) is 22.7 Å². The third-order valence-electron chi connectivity index (χ3n) is 3.88. The molecule has 2 heterocycles. The summed E-state index contributed by atoms with van der Waals surface area (Å²) in [5.41, 5.74) is 2.97. The number of thiazole rings is 1. The highest BCUT2D eigenvalue weighted by Crippen LogP contribution is 2.27. The molecule has 0 unspecified atom stereocenters. The molecule has 0 radical (unpaired) electrons. The molecule has 0 bridgehead atoms. The number of rotatable bonds is 5. The highest BCUT2D eigenvalue weighted by molar-refractivity contribution is 7.99. The number of carbonyl (C=O) groups excluding carboxylic acids is 1. The number of nitrogens with zero attached hydrogens (tertiary/aromatic N) is 3. The van der Waals surface area contributed by atoms with Gasteiger partial charge in [0.1, 0.15) is 11.1 Å². The fraction of sp³-hybridized carbons (Fsp3) is 0.412. The molecule has 1 N–H and O–H groups in total. The first-order chi connectivity index (χ1) is 11.8. The molecule has 3 rings (SSSR count). The van der Waals surface area contributed by atoms with Gasteiger partial charge >= 0.3 is 0 Å². The second-order valence-electron chi connectivity index (χ2n) is 5.60. The van der Waals surface area contributed by atoms with Crippen LogP contribution in [0.1, 0.15) is 42.5 Å². The lowest BCUT2D eigenvalue weighted by Gasteiger charge is -2.09. The second-order valence-corrected chi connectivity index (χ2v) is 7.58. The summed E-state index contributed by atoms with van der Waals surface area (Å²) in [6, 6.07) is 4.24. The molecule has 124 valence electrons. The first-order valence-corrected chi connectivity index (χ1v) is 9.88. The lowest BCUT2D eigenvalue weighted by atomic mass is 10.1. The summed E-state index contributed by atoms with van der Waals surface area (Å²) in [7, 11) is 0. The van der Waals surface area contributed by atoms with Gasteiger partial charge in [-0.25, -0.2) is 9.97 Å². The van der Waals surface area contributed by atoms with Gasteiger partial charge in [0, 0.05) is 29.4 Å². The van der Waals surface area contributed by atoms with Gasteiger partial charge in [-0.1, -0.05) is 6.42 Å². The number of aryl methyl sites for hydroxylation is 2. The van der Waals surface area contributed by atoms with Gasteiger partial charge in [-0.2, -0.15) is 5.26 Å². The minimum absolute atomic E-state index is 0.0642. The topological polar surface area (TPSA) is 78.7 Å². The summed E-state index contributed by atoms with van der Waals surface area (Å²) >= 11 is 2.88. The van der Waals surface area contributed by atoms with E-state index in [2.05, 4.69) is 16.4 Å². The summed E-state index contributed by atoms with van der Waals surface area (Å²) in [5, 5.41) is 15.3. The highest BCUT2D eigenvalue weighted by atomic mass is 32.2. The van der Waals surface area contributed by atoms with Crippen LogP contribution in [-0.4, -0.2) is 21.6 Å². The van der Waals surface area contributed by atoms with Crippen molar-refractivity contribution >= 4 is 34.1 Å². The molecule has 0 saturated heterocycles. The van der Waals surface area contributed by atoms with Gasteiger partial charge in [0.05, 0.1) is 5.56 Å². The minimum atomic E-state index is -0.0642. The zero-order valence-electron chi connectivity index (χ0n) is 13.2. The standard InChI is InChI=1S/C17H18N4OS2/c18-11-13-10-12-4-2-1-3-5-14(12)20-16(13)23-8-6-15(22)21-17-19-7-9-24-17/h7,9-10H,1-6,8H2,(H,19,21,22). The molecule has 1 amide bonds. The molecule has 0 atom stereocenters. The first kappa shape index (κ1) is 16.9. The predicted molar refractivity (Wildman–Crippen MR) is 96.3 cm³/mol. The van der Waals surface area contributed by atoms with Crippen LogP contribution >= 0.6 is 23.1 Å². The van der Waals surface area contributed by atoms with Crippen molar-refractivity contribution in [3.63, 3.8) is 0 Å².